The summed E-state index contributed by atoms with van der Waals surface area (Å²) in [5, 5.41) is 16.7. The monoisotopic (exact) mass is 255 g/mol. The van der Waals surface area contributed by atoms with Gasteiger partial charge in [0, 0.05) is 20.7 Å². The Labute approximate surface area is 105 Å². The van der Waals surface area contributed by atoms with E-state index >= 15 is 0 Å². The molecule has 0 aliphatic carbocycles. The molecule has 0 bridgehead atoms. The highest BCUT2D eigenvalue weighted by atomic mass is 16.6. The van der Waals surface area contributed by atoms with Crippen molar-refractivity contribution in [3.63, 3.8) is 0 Å². The van der Waals surface area contributed by atoms with Crippen LogP contribution in [0.25, 0.3) is 0 Å². The van der Waals surface area contributed by atoms with Gasteiger partial charge in [-0.2, -0.15) is 4.98 Å². The number of methoxy groups -OCH3 is 1. The summed E-state index contributed by atoms with van der Waals surface area (Å²) in [6.07, 6.45) is -0.0714. The van der Waals surface area contributed by atoms with E-state index in [-0.39, 0.29) is 17.6 Å². The lowest BCUT2D eigenvalue weighted by atomic mass is 10.3. The molecular weight excluding hydrogens is 238 g/mol. The zero-order chi connectivity index (χ0) is 13.7. The van der Waals surface area contributed by atoms with Gasteiger partial charge in [-0.15, -0.1) is 0 Å². The molecule has 0 saturated heterocycles. The minimum Gasteiger partial charge on any atom is -0.380 e. The lowest BCUT2D eigenvalue weighted by Crippen LogP contribution is -2.20. The topological polar surface area (TPSA) is 102 Å². The first kappa shape index (κ1) is 14.1. The van der Waals surface area contributed by atoms with Crippen LogP contribution in [0.4, 0.5) is 17.5 Å². The molecular formula is C10H17N5O3. The molecule has 0 radical (unpaired) electrons. The van der Waals surface area contributed by atoms with Crippen molar-refractivity contribution in [1.29, 1.82) is 0 Å². The highest BCUT2D eigenvalue weighted by molar-refractivity contribution is 5.60. The first-order valence-corrected chi connectivity index (χ1v) is 5.47. The second-order valence-corrected chi connectivity index (χ2v) is 3.76. The van der Waals surface area contributed by atoms with Gasteiger partial charge in [-0.05, 0) is 13.8 Å². The first-order chi connectivity index (χ1) is 8.49. The van der Waals surface area contributed by atoms with Crippen molar-refractivity contribution < 1.29 is 9.66 Å². The summed E-state index contributed by atoms with van der Waals surface area (Å²) in [5.74, 6) is 0.534. The summed E-state index contributed by atoms with van der Waals surface area (Å²) in [4.78, 5) is 18.5. The number of nitro groups is 1. The van der Waals surface area contributed by atoms with E-state index in [4.69, 9.17) is 4.74 Å². The van der Waals surface area contributed by atoms with Crippen LogP contribution in [0, 0.1) is 17.0 Å². The predicted molar refractivity (Wildman–Crippen MR) is 67.9 cm³/mol. The van der Waals surface area contributed by atoms with Crippen molar-refractivity contribution in [2.75, 3.05) is 31.3 Å². The molecule has 18 heavy (non-hydrogen) atoms. The van der Waals surface area contributed by atoms with Crippen LogP contribution in [0.2, 0.25) is 0 Å². The number of rotatable bonds is 6. The number of ether oxygens (including phenoxy) is 1. The fraction of sp³-hybridized carbons (Fsp3) is 0.600. The summed E-state index contributed by atoms with van der Waals surface area (Å²) in [5.41, 5.74) is 0.198. The van der Waals surface area contributed by atoms with E-state index in [1.54, 1.807) is 21.1 Å². The molecule has 0 spiro atoms. The Morgan fingerprint density at radius 1 is 1.50 bits per heavy atom. The number of hydrogen-bond donors (Lipinski definition) is 2. The molecule has 100 valence electrons. The minimum absolute atomic E-state index is 0.0714. The van der Waals surface area contributed by atoms with Gasteiger partial charge in [0.15, 0.2) is 0 Å². The molecule has 0 fully saturated rings. The lowest BCUT2D eigenvalue weighted by molar-refractivity contribution is -0.385. The minimum atomic E-state index is -0.491. The fourth-order valence-electron chi connectivity index (χ4n) is 1.34. The van der Waals surface area contributed by atoms with E-state index in [2.05, 4.69) is 20.6 Å². The number of aryl methyl sites for hydroxylation is 1. The zero-order valence-electron chi connectivity index (χ0n) is 10.9. The van der Waals surface area contributed by atoms with Crippen LogP contribution in [0.5, 0.6) is 0 Å². The number of anilines is 2. The van der Waals surface area contributed by atoms with E-state index < -0.39 is 4.92 Å². The molecule has 0 aliphatic heterocycles. The second kappa shape index (κ2) is 6.10. The van der Waals surface area contributed by atoms with Crippen molar-refractivity contribution in [1.82, 2.24) is 9.97 Å². The lowest BCUT2D eigenvalue weighted by Gasteiger charge is -2.12. The Hall–Kier alpha value is -1.96. The maximum Gasteiger partial charge on any atom is 0.332 e. The van der Waals surface area contributed by atoms with E-state index in [0.29, 0.717) is 18.2 Å². The number of aromatic nitrogens is 2. The van der Waals surface area contributed by atoms with Crippen LogP contribution in [0.15, 0.2) is 0 Å². The molecule has 1 rings (SSSR count). The van der Waals surface area contributed by atoms with Crippen molar-refractivity contribution in [3.8, 4) is 0 Å². The van der Waals surface area contributed by atoms with Crippen LogP contribution < -0.4 is 10.6 Å². The average molecular weight is 255 g/mol. The molecule has 1 aromatic heterocycles. The number of hydrogen-bond acceptors (Lipinski definition) is 7. The van der Waals surface area contributed by atoms with Crippen LogP contribution in [0.3, 0.4) is 0 Å². The van der Waals surface area contributed by atoms with Crippen LogP contribution in [-0.2, 0) is 4.74 Å². The summed E-state index contributed by atoms with van der Waals surface area (Å²) < 4.78 is 5.07. The largest absolute Gasteiger partial charge is 0.380 e. The van der Waals surface area contributed by atoms with Gasteiger partial charge in [-0.1, -0.05) is 0 Å². The van der Waals surface area contributed by atoms with E-state index in [1.165, 1.54) is 0 Å². The van der Waals surface area contributed by atoms with Crippen molar-refractivity contribution in [2.45, 2.75) is 20.0 Å². The maximum atomic E-state index is 11.0. The normalized spacial score (nSPS) is 12.0. The zero-order valence-corrected chi connectivity index (χ0v) is 10.9. The second-order valence-electron chi connectivity index (χ2n) is 3.76. The van der Waals surface area contributed by atoms with Gasteiger partial charge in [0.25, 0.3) is 0 Å². The predicted octanol–water partition coefficient (Wildman–Crippen LogP) is 1.18. The van der Waals surface area contributed by atoms with Crippen molar-refractivity contribution in [2.24, 2.45) is 0 Å². The standard InChI is InChI=1S/C10H17N5O3/c1-6(18-4)5-12-9-8(15(16)17)7(2)13-10(11-3)14-9/h6H,5H2,1-4H3,(H2,11,12,13,14). The smallest absolute Gasteiger partial charge is 0.332 e. The number of nitrogens with zero attached hydrogens (tertiary/aromatic N) is 3. The van der Waals surface area contributed by atoms with E-state index in [1.807, 2.05) is 6.92 Å². The van der Waals surface area contributed by atoms with Gasteiger partial charge in [-0.25, -0.2) is 4.98 Å². The van der Waals surface area contributed by atoms with Gasteiger partial charge in [0.1, 0.15) is 5.69 Å². The molecule has 0 aliphatic rings. The summed E-state index contributed by atoms with van der Waals surface area (Å²) in [6, 6.07) is 0. The summed E-state index contributed by atoms with van der Waals surface area (Å²) in [6.45, 7) is 3.86. The third-order valence-electron chi connectivity index (χ3n) is 2.42. The van der Waals surface area contributed by atoms with Gasteiger partial charge >= 0.3 is 5.69 Å². The third kappa shape index (κ3) is 3.27. The van der Waals surface area contributed by atoms with Crippen LogP contribution in [-0.4, -0.2) is 41.7 Å². The molecule has 1 atom stereocenters. The molecule has 8 heteroatoms. The highest BCUT2D eigenvalue weighted by Crippen LogP contribution is 2.26. The highest BCUT2D eigenvalue weighted by Gasteiger charge is 2.21. The molecule has 8 nitrogen and oxygen atoms in total. The van der Waals surface area contributed by atoms with Crippen molar-refractivity contribution in [3.05, 3.63) is 15.8 Å². The number of nitrogens with one attached hydrogen (secondary N) is 2. The first-order valence-electron chi connectivity index (χ1n) is 5.47. The molecule has 1 heterocycles. The Morgan fingerprint density at radius 3 is 2.67 bits per heavy atom. The van der Waals surface area contributed by atoms with Crippen molar-refractivity contribution >= 4 is 17.5 Å². The molecule has 0 aromatic carbocycles. The molecule has 1 unspecified atom stereocenters. The molecule has 1 aromatic rings. The Bertz CT molecular complexity index is 438. The Morgan fingerprint density at radius 2 is 2.17 bits per heavy atom. The van der Waals surface area contributed by atoms with Gasteiger partial charge in [0.05, 0.1) is 11.0 Å². The van der Waals surface area contributed by atoms with Gasteiger partial charge < -0.3 is 15.4 Å². The molecule has 0 amide bonds. The molecule has 2 N–H and O–H groups in total. The Balaban J connectivity index is 3.05. The summed E-state index contributed by atoms with van der Waals surface area (Å²) in [7, 11) is 3.23. The summed E-state index contributed by atoms with van der Waals surface area (Å²) >= 11 is 0. The third-order valence-corrected chi connectivity index (χ3v) is 2.42. The van der Waals surface area contributed by atoms with E-state index in [0.717, 1.165) is 0 Å². The maximum absolute atomic E-state index is 11.0. The fourth-order valence-corrected chi connectivity index (χ4v) is 1.34. The SMILES string of the molecule is CNc1nc(C)c([N+](=O)[O-])c(NCC(C)OC)n1. The molecule has 0 saturated carbocycles. The van der Waals surface area contributed by atoms with Crippen LogP contribution in [0.1, 0.15) is 12.6 Å². The quantitative estimate of drug-likeness (QED) is 0.581. The Kier molecular flexibility index (Phi) is 4.78. The van der Waals surface area contributed by atoms with Gasteiger partial charge in [-0.3, -0.25) is 10.1 Å². The average Bonchev–Trinajstić information content (AvgIpc) is 2.34. The van der Waals surface area contributed by atoms with Crippen LogP contribution >= 0.6 is 0 Å². The van der Waals surface area contributed by atoms with E-state index in [9.17, 15) is 10.1 Å². The van der Waals surface area contributed by atoms with Gasteiger partial charge in [0.2, 0.25) is 11.8 Å².